The molecule has 0 saturated heterocycles. The van der Waals surface area contributed by atoms with Gasteiger partial charge < -0.3 is 9.30 Å². The average molecular weight is 355 g/mol. The van der Waals surface area contributed by atoms with E-state index in [0.717, 1.165) is 26.6 Å². The first-order valence-electron chi connectivity index (χ1n) is 6.72. The summed E-state index contributed by atoms with van der Waals surface area (Å²) in [7, 11) is 0. The van der Waals surface area contributed by atoms with Crippen molar-refractivity contribution in [3.63, 3.8) is 0 Å². The second kappa shape index (κ2) is 7.18. The molecule has 0 bridgehead atoms. The van der Waals surface area contributed by atoms with E-state index in [-0.39, 0.29) is 12.4 Å². The highest BCUT2D eigenvalue weighted by molar-refractivity contribution is 7.16. The number of hydrogen-bond donors (Lipinski definition) is 1. The highest BCUT2D eigenvalue weighted by Gasteiger charge is 2.07. The second-order valence-corrected chi connectivity index (χ2v) is 6.15. The fourth-order valence-corrected chi connectivity index (χ4v) is 3.32. The Morgan fingerprint density at radius 2 is 1.91 bits per heavy atom. The lowest BCUT2D eigenvalue weighted by molar-refractivity contribution is 0.341. The number of ether oxygens (including phenoxy) is 1. The zero-order valence-corrected chi connectivity index (χ0v) is 14.4. The van der Waals surface area contributed by atoms with Crippen LogP contribution in [0.3, 0.4) is 0 Å². The first kappa shape index (κ1) is 16.9. The Kier molecular flexibility index (Phi) is 5.51. The summed E-state index contributed by atoms with van der Waals surface area (Å²) >= 11 is 7.38. The summed E-state index contributed by atoms with van der Waals surface area (Å²) in [4.78, 5) is 0.536. The Morgan fingerprint density at radius 3 is 2.59 bits per heavy atom. The van der Waals surface area contributed by atoms with Crippen LogP contribution in [0.4, 0.5) is 0 Å². The summed E-state index contributed by atoms with van der Waals surface area (Å²) < 4.78 is 8.58. The molecule has 0 unspecified atom stereocenters. The minimum absolute atomic E-state index is 0. The van der Waals surface area contributed by atoms with Gasteiger partial charge >= 0.3 is 0 Å². The number of rotatable bonds is 4. The Labute approximate surface area is 144 Å². The smallest absolute Gasteiger partial charge is 0.183 e. The lowest BCUT2D eigenvalue weighted by atomic mass is 10.2. The van der Waals surface area contributed by atoms with Crippen molar-refractivity contribution in [1.29, 1.82) is 5.41 Å². The first-order chi connectivity index (χ1) is 10.2. The van der Waals surface area contributed by atoms with Crippen molar-refractivity contribution in [3.8, 4) is 5.75 Å². The average Bonchev–Trinajstić information content (AvgIpc) is 2.77. The predicted molar refractivity (Wildman–Crippen MR) is 94.6 cm³/mol. The molecule has 0 amide bonds. The quantitative estimate of drug-likeness (QED) is 0.724. The topological polar surface area (TPSA) is 38.0 Å². The van der Waals surface area contributed by atoms with Crippen molar-refractivity contribution in [2.45, 2.75) is 13.5 Å². The summed E-state index contributed by atoms with van der Waals surface area (Å²) in [6, 6.07) is 13.7. The third kappa shape index (κ3) is 3.46. The molecule has 0 saturated carbocycles. The van der Waals surface area contributed by atoms with E-state index in [2.05, 4.69) is 0 Å². The van der Waals surface area contributed by atoms with Crippen LogP contribution in [0.15, 0.2) is 42.5 Å². The van der Waals surface area contributed by atoms with Crippen LogP contribution < -0.4 is 9.54 Å². The number of halogens is 2. The Hall–Kier alpha value is -1.49. The van der Waals surface area contributed by atoms with Gasteiger partial charge in [0.15, 0.2) is 4.80 Å². The van der Waals surface area contributed by atoms with Crippen LogP contribution in [0, 0.1) is 5.41 Å². The molecule has 1 aromatic heterocycles. The number of hydrogen-bond acceptors (Lipinski definition) is 3. The molecule has 0 spiro atoms. The van der Waals surface area contributed by atoms with Gasteiger partial charge in [-0.15, -0.1) is 12.4 Å². The maximum Gasteiger partial charge on any atom is 0.183 e. The minimum atomic E-state index is 0. The molecule has 0 radical (unpaired) electrons. The van der Waals surface area contributed by atoms with Crippen molar-refractivity contribution < 1.29 is 4.74 Å². The molecule has 2 aromatic carbocycles. The molecule has 0 aliphatic carbocycles. The van der Waals surface area contributed by atoms with Crippen LogP contribution >= 0.6 is 35.3 Å². The number of thiazole rings is 1. The zero-order valence-electron chi connectivity index (χ0n) is 12.0. The molecule has 3 aromatic rings. The molecule has 0 fully saturated rings. The lowest BCUT2D eigenvalue weighted by Crippen LogP contribution is -2.13. The Morgan fingerprint density at radius 1 is 1.18 bits per heavy atom. The van der Waals surface area contributed by atoms with Crippen LogP contribution in [-0.4, -0.2) is 11.2 Å². The van der Waals surface area contributed by atoms with E-state index in [1.54, 1.807) is 0 Å². The van der Waals surface area contributed by atoms with Gasteiger partial charge in [0.25, 0.3) is 0 Å². The molecule has 0 atom stereocenters. The minimum Gasteiger partial charge on any atom is -0.494 e. The van der Waals surface area contributed by atoms with E-state index in [0.29, 0.717) is 18.0 Å². The van der Waals surface area contributed by atoms with Gasteiger partial charge in [0.05, 0.1) is 23.4 Å². The summed E-state index contributed by atoms with van der Waals surface area (Å²) in [6.45, 7) is 3.29. The van der Waals surface area contributed by atoms with Gasteiger partial charge in [-0.3, -0.25) is 5.41 Å². The highest BCUT2D eigenvalue weighted by Crippen LogP contribution is 2.24. The summed E-state index contributed by atoms with van der Waals surface area (Å²) in [5, 5.41) is 8.91. The van der Waals surface area contributed by atoms with Gasteiger partial charge in [-0.2, -0.15) is 0 Å². The van der Waals surface area contributed by atoms with Crippen LogP contribution in [0.2, 0.25) is 5.02 Å². The van der Waals surface area contributed by atoms with Gasteiger partial charge in [0, 0.05) is 5.02 Å². The lowest BCUT2D eigenvalue weighted by Gasteiger charge is -2.06. The maximum absolute atomic E-state index is 8.18. The molecular weight excluding hydrogens is 339 g/mol. The van der Waals surface area contributed by atoms with E-state index in [1.807, 2.05) is 54.0 Å². The van der Waals surface area contributed by atoms with E-state index >= 15 is 0 Å². The SMILES string of the molecule is CCOc1ccc2c(c1)sc(=N)n2Cc1ccc(Cl)cc1.Cl. The van der Waals surface area contributed by atoms with Gasteiger partial charge in [-0.25, -0.2) is 0 Å². The molecule has 0 aliphatic rings. The van der Waals surface area contributed by atoms with Crippen LogP contribution in [0.5, 0.6) is 5.75 Å². The number of fused-ring (bicyclic) bond motifs is 1. The van der Waals surface area contributed by atoms with Crippen LogP contribution in [-0.2, 0) is 6.54 Å². The number of benzene rings is 2. The second-order valence-electron chi connectivity index (χ2n) is 4.68. The number of nitrogens with zero attached hydrogens (tertiary/aromatic N) is 1. The van der Waals surface area contributed by atoms with Gasteiger partial charge in [0.2, 0.25) is 0 Å². The molecule has 0 aliphatic heterocycles. The Balaban J connectivity index is 0.00000176. The third-order valence-corrected chi connectivity index (χ3v) is 4.45. The third-order valence-electron chi connectivity index (χ3n) is 3.24. The molecule has 1 N–H and O–H groups in total. The normalized spacial score (nSPS) is 10.5. The molecule has 3 rings (SSSR count). The fourth-order valence-electron chi connectivity index (χ4n) is 2.25. The maximum atomic E-state index is 8.18. The van der Waals surface area contributed by atoms with Gasteiger partial charge in [-0.05, 0) is 42.8 Å². The predicted octanol–water partition coefficient (Wildman–Crippen LogP) is 4.70. The van der Waals surface area contributed by atoms with Crippen LogP contribution in [0.1, 0.15) is 12.5 Å². The van der Waals surface area contributed by atoms with Crippen molar-refractivity contribution >= 4 is 45.6 Å². The summed E-state index contributed by atoms with van der Waals surface area (Å²) in [5.74, 6) is 0.852. The summed E-state index contributed by atoms with van der Waals surface area (Å²) in [5.41, 5.74) is 2.19. The van der Waals surface area contributed by atoms with E-state index < -0.39 is 0 Å². The van der Waals surface area contributed by atoms with Crippen LogP contribution in [0.25, 0.3) is 10.2 Å². The molecular formula is C16H16Cl2N2OS. The monoisotopic (exact) mass is 354 g/mol. The standard InChI is InChI=1S/C16H15ClN2OS.ClH/c1-2-20-13-7-8-14-15(9-13)21-16(18)19(14)10-11-3-5-12(17)6-4-11;/h3-9,18H,2,10H2,1H3;1H. The molecule has 1 heterocycles. The van der Waals surface area contributed by atoms with E-state index in [9.17, 15) is 0 Å². The Bertz CT molecular complexity index is 824. The van der Waals surface area contributed by atoms with E-state index in [1.165, 1.54) is 11.3 Å². The highest BCUT2D eigenvalue weighted by atomic mass is 35.5. The van der Waals surface area contributed by atoms with E-state index in [4.69, 9.17) is 21.7 Å². The largest absolute Gasteiger partial charge is 0.494 e. The van der Waals surface area contributed by atoms with Crippen molar-refractivity contribution in [2.24, 2.45) is 0 Å². The number of nitrogens with one attached hydrogen (secondary N) is 1. The molecule has 116 valence electrons. The first-order valence-corrected chi connectivity index (χ1v) is 7.92. The van der Waals surface area contributed by atoms with Gasteiger partial charge in [-0.1, -0.05) is 35.1 Å². The molecule has 6 heteroatoms. The van der Waals surface area contributed by atoms with Gasteiger partial charge in [0.1, 0.15) is 5.75 Å². The summed E-state index contributed by atoms with van der Waals surface area (Å²) in [6.07, 6.45) is 0. The van der Waals surface area contributed by atoms with Crippen molar-refractivity contribution in [3.05, 3.63) is 57.9 Å². The zero-order chi connectivity index (χ0) is 14.8. The number of aromatic nitrogens is 1. The molecule has 22 heavy (non-hydrogen) atoms. The van der Waals surface area contributed by atoms with Crippen molar-refractivity contribution in [2.75, 3.05) is 6.61 Å². The fraction of sp³-hybridized carbons (Fsp3) is 0.188. The van der Waals surface area contributed by atoms with Crippen molar-refractivity contribution in [1.82, 2.24) is 4.57 Å². The molecule has 3 nitrogen and oxygen atoms in total.